The number of carbonyl (C=O) groups excluding carboxylic acids is 1. The van der Waals surface area contributed by atoms with Gasteiger partial charge in [0, 0.05) is 13.1 Å². The number of morpholine rings is 1. The van der Waals surface area contributed by atoms with E-state index >= 15 is 0 Å². The molecule has 1 N–H and O–H groups in total. The SMILES string of the molecule is CC1CN(C(=O)C(C)(C)O)CC(C)O1. The van der Waals surface area contributed by atoms with Crippen LogP contribution in [0.2, 0.25) is 0 Å². The molecule has 4 heteroatoms. The molecule has 2 unspecified atom stereocenters. The van der Waals surface area contributed by atoms with Crippen LogP contribution < -0.4 is 0 Å². The molecule has 1 saturated heterocycles. The number of carbonyl (C=O) groups is 1. The van der Waals surface area contributed by atoms with Gasteiger partial charge in [0.2, 0.25) is 0 Å². The summed E-state index contributed by atoms with van der Waals surface area (Å²) in [4.78, 5) is 13.4. The van der Waals surface area contributed by atoms with Gasteiger partial charge in [0.25, 0.3) is 5.91 Å². The minimum absolute atomic E-state index is 0.0463. The molecule has 0 saturated carbocycles. The lowest BCUT2D eigenvalue weighted by atomic mass is 10.1. The van der Waals surface area contributed by atoms with E-state index in [4.69, 9.17) is 4.74 Å². The smallest absolute Gasteiger partial charge is 0.254 e. The summed E-state index contributed by atoms with van der Waals surface area (Å²) in [5, 5.41) is 9.58. The van der Waals surface area contributed by atoms with Gasteiger partial charge in [-0.05, 0) is 27.7 Å². The van der Waals surface area contributed by atoms with Gasteiger partial charge >= 0.3 is 0 Å². The molecule has 1 amide bonds. The van der Waals surface area contributed by atoms with Crippen LogP contribution in [0.1, 0.15) is 27.7 Å². The number of hydrogen-bond donors (Lipinski definition) is 1. The highest BCUT2D eigenvalue weighted by atomic mass is 16.5. The van der Waals surface area contributed by atoms with Crippen molar-refractivity contribution in [3.05, 3.63) is 0 Å². The molecule has 2 atom stereocenters. The fourth-order valence-corrected chi connectivity index (χ4v) is 1.73. The summed E-state index contributed by atoms with van der Waals surface area (Å²) in [7, 11) is 0. The standard InChI is InChI=1S/C10H19NO3/c1-7-5-11(6-8(2)14-7)9(12)10(3,4)13/h7-8,13H,5-6H2,1-4H3. The third-order valence-corrected chi connectivity index (χ3v) is 2.23. The summed E-state index contributed by atoms with van der Waals surface area (Å²) >= 11 is 0. The van der Waals surface area contributed by atoms with Crippen LogP contribution in [0.3, 0.4) is 0 Å². The van der Waals surface area contributed by atoms with Crippen LogP contribution in [-0.2, 0) is 9.53 Å². The molecule has 0 aromatic rings. The number of rotatable bonds is 1. The van der Waals surface area contributed by atoms with Gasteiger partial charge < -0.3 is 14.7 Å². The molecule has 0 spiro atoms. The van der Waals surface area contributed by atoms with E-state index in [0.29, 0.717) is 13.1 Å². The van der Waals surface area contributed by atoms with E-state index in [1.807, 2.05) is 13.8 Å². The Morgan fingerprint density at radius 1 is 1.36 bits per heavy atom. The Labute approximate surface area is 84.8 Å². The molecule has 1 fully saturated rings. The van der Waals surface area contributed by atoms with E-state index in [0.717, 1.165) is 0 Å². The van der Waals surface area contributed by atoms with Crippen molar-refractivity contribution in [2.75, 3.05) is 13.1 Å². The molecule has 0 aromatic carbocycles. The van der Waals surface area contributed by atoms with Gasteiger partial charge in [0.15, 0.2) is 0 Å². The van der Waals surface area contributed by atoms with Crippen LogP contribution in [0, 0.1) is 0 Å². The molecule has 14 heavy (non-hydrogen) atoms. The van der Waals surface area contributed by atoms with Crippen molar-refractivity contribution in [3.8, 4) is 0 Å². The fourth-order valence-electron chi connectivity index (χ4n) is 1.73. The first-order valence-electron chi connectivity index (χ1n) is 4.98. The Hall–Kier alpha value is -0.610. The topological polar surface area (TPSA) is 49.8 Å². The zero-order valence-electron chi connectivity index (χ0n) is 9.28. The lowest BCUT2D eigenvalue weighted by Crippen LogP contribution is -2.54. The van der Waals surface area contributed by atoms with Gasteiger partial charge in [0.05, 0.1) is 12.2 Å². The first-order valence-corrected chi connectivity index (χ1v) is 4.98. The second-order valence-corrected chi connectivity index (χ2v) is 4.53. The second kappa shape index (κ2) is 3.87. The van der Waals surface area contributed by atoms with Gasteiger partial charge in [-0.15, -0.1) is 0 Å². The van der Waals surface area contributed by atoms with Gasteiger partial charge in [-0.2, -0.15) is 0 Å². The Bertz CT molecular complexity index is 212. The summed E-state index contributed by atoms with van der Waals surface area (Å²) in [6.07, 6.45) is 0.0927. The van der Waals surface area contributed by atoms with Crippen molar-refractivity contribution < 1.29 is 14.6 Å². The van der Waals surface area contributed by atoms with Crippen LogP contribution in [0.15, 0.2) is 0 Å². The second-order valence-electron chi connectivity index (χ2n) is 4.53. The summed E-state index contributed by atoms with van der Waals surface area (Å²) < 4.78 is 5.50. The molecule has 4 nitrogen and oxygen atoms in total. The lowest BCUT2D eigenvalue weighted by Gasteiger charge is -2.37. The quantitative estimate of drug-likeness (QED) is 0.668. The molecule has 1 aliphatic rings. The molecular formula is C10H19NO3. The van der Waals surface area contributed by atoms with Crippen molar-refractivity contribution in [2.24, 2.45) is 0 Å². The van der Waals surface area contributed by atoms with Crippen LogP contribution in [-0.4, -0.2) is 46.8 Å². The number of nitrogens with zero attached hydrogens (tertiary/aromatic N) is 1. The van der Waals surface area contributed by atoms with E-state index in [2.05, 4.69) is 0 Å². The highest BCUT2D eigenvalue weighted by Gasteiger charge is 2.33. The van der Waals surface area contributed by atoms with Crippen LogP contribution in [0.25, 0.3) is 0 Å². The van der Waals surface area contributed by atoms with Crippen LogP contribution in [0.5, 0.6) is 0 Å². The summed E-state index contributed by atoms with van der Waals surface area (Å²) in [6, 6.07) is 0. The van der Waals surface area contributed by atoms with E-state index in [9.17, 15) is 9.90 Å². The summed E-state index contributed by atoms with van der Waals surface area (Å²) in [5.74, 6) is -0.223. The molecular weight excluding hydrogens is 182 g/mol. The molecule has 0 aliphatic carbocycles. The van der Waals surface area contributed by atoms with Gasteiger partial charge in [-0.1, -0.05) is 0 Å². The zero-order valence-corrected chi connectivity index (χ0v) is 9.28. The van der Waals surface area contributed by atoms with Crippen LogP contribution in [0.4, 0.5) is 0 Å². The van der Waals surface area contributed by atoms with Crippen LogP contribution >= 0.6 is 0 Å². The summed E-state index contributed by atoms with van der Waals surface area (Å²) in [5.41, 5.74) is -1.28. The predicted octanol–water partition coefficient (Wildman–Crippen LogP) is 0.393. The largest absolute Gasteiger partial charge is 0.381 e. The fraction of sp³-hybridized carbons (Fsp3) is 0.900. The molecule has 1 rings (SSSR count). The minimum Gasteiger partial charge on any atom is -0.381 e. The van der Waals surface area contributed by atoms with Crippen molar-refractivity contribution in [3.63, 3.8) is 0 Å². The molecule has 1 aliphatic heterocycles. The van der Waals surface area contributed by atoms with Crippen molar-refractivity contribution in [2.45, 2.75) is 45.5 Å². The highest BCUT2D eigenvalue weighted by Crippen LogP contribution is 2.15. The third-order valence-electron chi connectivity index (χ3n) is 2.23. The first-order chi connectivity index (χ1) is 6.30. The molecule has 0 bridgehead atoms. The van der Waals surface area contributed by atoms with Crippen molar-refractivity contribution in [1.29, 1.82) is 0 Å². The molecule has 0 aromatic heterocycles. The summed E-state index contributed by atoms with van der Waals surface area (Å²) in [6.45, 7) is 8.02. The number of amides is 1. The maximum Gasteiger partial charge on any atom is 0.254 e. The van der Waals surface area contributed by atoms with Gasteiger partial charge in [-0.3, -0.25) is 4.79 Å². The minimum atomic E-state index is -1.28. The highest BCUT2D eigenvalue weighted by molar-refractivity contribution is 5.84. The predicted molar refractivity (Wildman–Crippen MR) is 52.9 cm³/mol. The number of ether oxygens (including phenoxy) is 1. The van der Waals surface area contributed by atoms with Crippen molar-refractivity contribution >= 4 is 5.91 Å². The first kappa shape index (κ1) is 11.5. The van der Waals surface area contributed by atoms with E-state index in [1.54, 1.807) is 4.90 Å². The van der Waals surface area contributed by atoms with Crippen molar-refractivity contribution in [1.82, 2.24) is 4.90 Å². The van der Waals surface area contributed by atoms with E-state index in [-0.39, 0.29) is 18.1 Å². The number of hydrogen-bond acceptors (Lipinski definition) is 3. The zero-order chi connectivity index (χ0) is 10.9. The van der Waals surface area contributed by atoms with Gasteiger partial charge in [-0.25, -0.2) is 0 Å². The molecule has 82 valence electrons. The van der Waals surface area contributed by atoms with E-state index in [1.165, 1.54) is 13.8 Å². The normalized spacial score (nSPS) is 29.1. The number of aliphatic hydroxyl groups is 1. The lowest BCUT2D eigenvalue weighted by molar-refractivity contribution is -0.159. The monoisotopic (exact) mass is 201 g/mol. The average Bonchev–Trinajstić information content (AvgIpc) is 1.99. The average molecular weight is 201 g/mol. The Kier molecular flexibility index (Phi) is 3.17. The van der Waals surface area contributed by atoms with E-state index < -0.39 is 5.60 Å². The van der Waals surface area contributed by atoms with Gasteiger partial charge in [0.1, 0.15) is 5.60 Å². The third kappa shape index (κ3) is 2.69. The maximum absolute atomic E-state index is 11.7. The molecule has 0 radical (unpaired) electrons. The Morgan fingerprint density at radius 2 is 1.79 bits per heavy atom. The maximum atomic E-state index is 11.7. The molecule has 1 heterocycles. The Balaban J connectivity index is 2.64. The Morgan fingerprint density at radius 3 is 2.14 bits per heavy atom.